The molecule has 2 amide bonds. The minimum atomic E-state index is -0.435. The van der Waals surface area contributed by atoms with Gasteiger partial charge in [0.15, 0.2) is 0 Å². The van der Waals surface area contributed by atoms with E-state index in [1.165, 1.54) is 0 Å². The van der Waals surface area contributed by atoms with E-state index >= 15 is 0 Å². The number of urea groups is 1. The first-order chi connectivity index (χ1) is 10.1. The second-order valence-electron chi connectivity index (χ2n) is 4.73. The molecule has 0 aliphatic heterocycles. The number of amides is 2. The topological polar surface area (TPSA) is 61.4 Å². The van der Waals surface area contributed by atoms with Gasteiger partial charge in [-0.15, -0.1) is 0 Å². The van der Waals surface area contributed by atoms with Crippen LogP contribution in [0.2, 0.25) is 0 Å². The van der Waals surface area contributed by atoms with Gasteiger partial charge in [-0.25, -0.2) is 4.79 Å². The molecular weight excluding hydrogens is 332 g/mol. The maximum atomic E-state index is 12.1. The molecular formula is C16H17BrN2O2. The number of rotatable bonds is 4. The van der Waals surface area contributed by atoms with Crippen molar-refractivity contribution in [3.8, 4) is 0 Å². The van der Waals surface area contributed by atoms with Crippen molar-refractivity contribution >= 4 is 27.6 Å². The van der Waals surface area contributed by atoms with Crippen LogP contribution >= 0.6 is 15.9 Å². The monoisotopic (exact) mass is 348 g/mol. The molecule has 0 aliphatic carbocycles. The first-order valence-electron chi connectivity index (χ1n) is 6.59. The van der Waals surface area contributed by atoms with E-state index in [0.29, 0.717) is 5.69 Å². The lowest BCUT2D eigenvalue weighted by Gasteiger charge is -2.17. The number of benzene rings is 2. The van der Waals surface area contributed by atoms with Gasteiger partial charge in [0.05, 0.1) is 18.3 Å². The minimum Gasteiger partial charge on any atom is -0.394 e. The van der Waals surface area contributed by atoms with Crippen LogP contribution in [0.25, 0.3) is 0 Å². The number of aliphatic hydroxyl groups is 1. The van der Waals surface area contributed by atoms with E-state index in [1.54, 1.807) is 0 Å². The lowest BCUT2D eigenvalue weighted by Crippen LogP contribution is -2.34. The van der Waals surface area contributed by atoms with Gasteiger partial charge in [0.2, 0.25) is 0 Å². The van der Waals surface area contributed by atoms with E-state index in [0.717, 1.165) is 15.6 Å². The van der Waals surface area contributed by atoms with E-state index in [4.69, 9.17) is 0 Å². The molecule has 0 fully saturated rings. The molecule has 4 nitrogen and oxygen atoms in total. The summed E-state index contributed by atoms with van der Waals surface area (Å²) in [5, 5.41) is 15.0. The zero-order valence-corrected chi connectivity index (χ0v) is 13.2. The maximum absolute atomic E-state index is 12.1. The quantitative estimate of drug-likeness (QED) is 0.790. The summed E-state index contributed by atoms with van der Waals surface area (Å²) in [6, 6.07) is 14.3. The smallest absolute Gasteiger partial charge is 0.319 e. The van der Waals surface area contributed by atoms with Gasteiger partial charge in [0.1, 0.15) is 0 Å². The van der Waals surface area contributed by atoms with Gasteiger partial charge in [0.25, 0.3) is 0 Å². The fraction of sp³-hybridized carbons (Fsp3) is 0.188. The first kappa shape index (κ1) is 15.5. The van der Waals surface area contributed by atoms with Crippen LogP contribution in [0.4, 0.5) is 10.5 Å². The summed E-state index contributed by atoms with van der Waals surface area (Å²) >= 11 is 3.40. The third-order valence-corrected chi connectivity index (χ3v) is 3.75. The normalized spacial score (nSPS) is 11.8. The van der Waals surface area contributed by atoms with E-state index in [9.17, 15) is 9.90 Å². The molecule has 0 aromatic heterocycles. The lowest BCUT2D eigenvalue weighted by atomic mass is 10.1. The molecule has 2 aromatic carbocycles. The van der Waals surface area contributed by atoms with E-state index in [1.807, 2.05) is 55.5 Å². The molecule has 0 radical (unpaired) electrons. The summed E-state index contributed by atoms with van der Waals surface area (Å²) in [6.07, 6.45) is 0. The second kappa shape index (κ2) is 7.24. The average Bonchev–Trinajstić information content (AvgIpc) is 2.49. The number of carbonyl (C=O) groups excluding carboxylic acids is 1. The molecule has 2 rings (SSSR count). The number of halogens is 1. The van der Waals surface area contributed by atoms with Crippen molar-refractivity contribution in [2.45, 2.75) is 13.0 Å². The molecule has 0 aliphatic rings. The van der Waals surface area contributed by atoms with Crippen LogP contribution in [0, 0.1) is 6.92 Å². The lowest BCUT2D eigenvalue weighted by molar-refractivity contribution is 0.225. The van der Waals surface area contributed by atoms with Crippen LogP contribution in [0.15, 0.2) is 53.0 Å². The van der Waals surface area contributed by atoms with Gasteiger partial charge in [-0.2, -0.15) is 0 Å². The third kappa shape index (κ3) is 4.31. The summed E-state index contributed by atoms with van der Waals surface area (Å²) in [6.45, 7) is 1.79. The van der Waals surface area contributed by atoms with Gasteiger partial charge in [-0.1, -0.05) is 36.4 Å². The minimum absolute atomic E-state index is 0.160. The number of nitrogens with one attached hydrogen (secondary N) is 2. The van der Waals surface area contributed by atoms with Crippen molar-refractivity contribution in [3.05, 3.63) is 64.1 Å². The fourth-order valence-corrected chi connectivity index (χ4v) is 2.32. The van der Waals surface area contributed by atoms with Crippen LogP contribution in [0.3, 0.4) is 0 Å². The standard InChI is InChI=1S/C16H17BrN2O2/c1-11-7-8-13(17)14(9-11)18-16(21)19-15(10-20)12-5-3-2-4-6-12/h2-9,15,20H,10H2,1H3,(H2,18,19,21)/t15-/m1/s1. The Balaban J connectivity index is 2.05. The van der Waals surface area contributed by atoms with Crippen molar-refractivity contribution in [1.82, 2.24) is 5.32 Å². The number of aryl methyl sites for hydroxylation is 1. The van der Waals surface area contributed by atoms with Gasteiger partial charge in [0, 0.05) is 4.47 Å². The molecule has 21 heavy (non-hydrogen) atoms. The predicted octanol–water partition coefficient (Wildman–Crippen LogP) is 3.61. The second-order valence-corrected chi connectivity index (χ2v) is 5.58. The van der Waals surface area contributed by atoms with Crippen molar-refractivity contribution in [3.63, 3.8) is 0 Å². The van der Waals surface area contributed by atoms with Gasteiger partial charge >= 0.3 is 6.03 Å². The number of aliphatic hydroxyl groups excluding tert-OH is 1. The molecule has 0 spiro atoms. The van der Waals surface area contributed by atoms with Crippen LogP contribution in [-0.2, 0) is 0 Å². The predicted molar refractivity (Wildman–Crippen MR) is 87.3 cm³/mol. The highest BCUT2D eigenvalue weighted by Gasteiger charge is 2.14. The Kier molecular flexibility index (Phi) is 5.36. The third-order valence-electron chi connectivity index (χ3n) is 3.06. The molecule has 0 unspecified atom stereocenters. The highest BCUT2D eigenvalue weighted by atomic mass is 79.9. The van der Waals surface area contributed by atoms with E-state index in [-0.39, 0.29) is 12.6 Å². The Labute approximate surface area is 132 Å². The highest BCUT2D eigenvalue weighted by molar-refractivity contribution is 9.10. The molecule has 5 heteroatoms. The van der Waals surface area contributed by atoms with Crippen molar-refractivity contribution < 1.29 is 9.90 Å². The van der Waals surface area contributed by atoms with Crippen LogP contribution in [0.1, 0.15) is 17.2 Å². The van der Waals surface area contributed by atoms with E-state index < -0.39 is 6.04 Å². The highest BCUT2D eigenvalue weighted by Crippen LogP contribution is 2.23. The summed E-state index contributed by atoms with van der Waals surface area (Å²) < 4.78 is 0.809. The SMILES string of the molecule is Cc1ccc(Br)c(NC(=O)N[C@H](CO)c2ccccc2)c1. The Morgan fingerprint density at radius 2 is 1.95 bits per heavy atom. The molecule has 2 aromatic rings. The van der Waals surface area contributed by atoms with Crippen LogP contribution in [-0.4, -0.2) is 17.7 Å². The van der Waals surface area contributed by atoms with Gasteiger partial charge < -0.3 is 15.7 Å². The van der Waals surface area contributed by atoms with Gasteiger partial charge in [-0.05, 0) is 46.1 Å². The molecule has 0 bridgehead atoms. The Morgan fingerprint density at radius 3 is 2.62 bits per heavy atom. The summed E-state index contributed by atoms with van der Waals surface area (Å²) in [5.41, 5.74) is 2.60. The number of carbonyl (C=O) groups is 1. The number of hydrogen-bond donors (Lipinski definition) is 3. The molecule has 0 heterocycles. The van der Waals surface area contributed by atoms with Gasteiger partial charge in [-0.3, -0.25) is 0 Å². The molecule has 110 valence electrons. The summed E-state index contributed by atoms with van der Waals surface area (Å²) in [7, 11) is 0. The average molecular weight is 349 g/mol. The van der Waals surface area contributed by atoms with Crippen molar-refractivity contribution in [2.24, 2.45) is 0 Å². The Hall–Kier alpha value is -1.85. The zero-order valence-electron chi connectivity index (χ0n) is 11.6. The molecule has 3 N–H and O–H groups in total. The van der Waals surface area contributed by atoms with Crippen LogP contribution in [0.5, 0.6) is 0 Å². The first-order valence-corrected chi connectivity index (χ1v) is 7.39. The fourth-order valence-electron chi connectivity index (χ4n) is 1.97. The van der Waals surface area contributed by atoms with Crippen molar-refractivity contribution in [2.75, 3.05) is 11.9 Å². The zero-order chi connectivity index (χ0) is 15.2. The summed E-state index contributed by atoms with van der Waals surface area (Å²) in [5.74, 6) is 0. The van der Waals surface area contributed by atoms with Crippen molar-refractivity contribution in [1.29, 1.82) is 0 Å². The summed E-state index contributed by atoms with van der Waals surface area (Å²) in [4.78, 5) is 12.1. The largest absolute Gasteiger partial charge is 0.394 e. The van der Waals surface area contributed by atoms with E-state index in [2.05, 4.69) is 26.6 Å². The maximum Gasteiger partial charge on any atom is 0.319 e. The molecule has 1 atom stereocenters. The number of anilines is 1. The number of hydrogen-bond acceptors (Lipinski definition) is 2. The van der Waals surface area contributed by atoms with Crippen LogP contribution < -0.4 is 10.6 Å². The Morgan fingerprint density at radius 1 is 1.24 bits per heavy atom. The Bertz CT molecular complexity index is 617. The molecule has 0 saturated heterocycles. The molecule has 0 saturated carbocycles.